The highest BCUT2D eigenvalue weighted by Crippen LogP contribution is 2.35. The van der Waals surface area contributed by atoms with Crippen molar-refractivity contribution in [2.24, 2.45) is 0 Å². The summed E-state index contributed by atoms with van der Waals surface area (Å²) < 4.78 is 14.4. The van der Waals surface area contributed by atoms with Crippen LogP contribution in [0.25, 0.3) is 11.3 Å². The number of nitrogen functional groups attached to an aromatic ring is 1. The van der Waals surface area contributed by atoms with Gasteiger partial charge >= 0.3 is 0 Å². The minimum absolute atomic E-state index is 0.0929. The van der Waals surface area contributed by atoms with E-state index >= 15 is 0 Å². The molecule has 4 N–H and O–H groups in total. The fourth-order valence-corrected chi connectivity index (χ4v) is 3.16. The van der Waals surface area contributed by atoms with Crippen LogP contribution in [0.1, 0.15) is 24.5 Å². The summed E-state index contributed by atoms with van der Waals surface area (Å²) in [6, 6.07) is 14.0. The Hall–Kier alpha value is -3.12. The molecule has 1 aromatic heterocycles. The zero-order chi connectivity index (χ0) is 21.0. The molecule has 0 aliphatic heterocycles. The molecular weight excluding hydrogens is 367 g/mol. The number of anilines is 3. The van der Waals surface area contributed by atoms with Gasteiger partial charge in [0.15, 0.2) is 0 Å². The first-order valence-corrected chi connectivity index (χ1v) is 9.70. The molecule has 0 amide bonds. The monoisotopic (exact) mass is 394 g/mol. The number of benzene rings is 2. The molecule has 0 fully saturated rings. The summed E-state index contributed by atoms with van der Waals surface area (Å²) in [7, 11) is 1.79. The maximum absolute atomic E-state index is 14.4. The van der Waals surface area contributed by atoms with Crippen molar-refractivity contribution < 1.29 is 9.50 Å². The number of rotatable bonds is 7. The largest absolute Gasteiger partial charge is 0.507 e. The summed E-state index contributed by atoms with van der Waals surface area (Å²) in [5.41, 5.74) is 10.2. The molecule has 0 unspecified atom stereocenters. The zero-order valence-corrected chi connectivity index (χ0v) is 17.0. The van der Waals surface area contributed by atoms with Gasteiger partial charge in [-0.25, -0.2) is 9.37 Å². The van der Waals surface area contributed by atoms with Crippen molar-refractivity contribution in [3.63, 3.8) is 0 Å². The van der Waals surface area contributed by atoms with Gasteiger partial charge in [0.2, 0.25) is 0 Å². The number of nitrogens with zero attached hydrogens (tertiary/aromatic N) is 2. The van der Waals surface area contributed by atoms with Gasteiger partial charge in [0, 0.05) is 30.4 Å². The number of nitrogens with two attached hydrogens (primary N) is 1. The van der Waals surface area contributed by atoms with Gasteiger partial charge in [0.05, 0.1) is 11.4 Å². The van der Waals surface area contributed by atoms with E-state index in [0.29, 0.717) is 29.3 Å². The number of phenolic OH excluding ortho intramolecular Hbond substituents is 1. The summed E-state index contributed by atoms with van der Waals surface area (Å²) in [5.74, 6) is 0.220. The molecule has 0 aliphatic rings. The lowest BCUT2D eigenvalue weighted by Gasteiger charge is -2.21. The summed E-state index contributed by atoms with van der Waals surface area (Å²) >= 11 is 0. The molecule has 1 heterocycles. The molecule has 0 saturated carbocycles. The summed E-state index contributed by atoms with van der Waals surface area (Å²) in [6.07, 6.45) is 1.04. The molecule has 0 spiro atoms. The lowest BCUT2D eigenvalue weighted by molar-refractivity contribution is 0.477. The van der Waals surface area contributed by atoms with Crippen molar-refractivity contribution >= 4 is 17.2 Å². The maximum atomic E-state index is 14.4. The van der Waals surface area contributed by atoms with E-state index in [2.05, 4.69) is 17.2 Å². The van der Waals surface area contributed by atoms with Gasteiger partial charge in [-0.3, -0.25) is 0 Å². The number of phenols is 1. The van der Waals surface area contributed by atoms with Crippen molar-refractivity contribution in [1.82, 2.24) is 10.3 Å². The Morgan fingerprint density at radius 3 is 2.62 bits per heavy atom. The predicted octanol–water partition coefficient (Wildman–Crippen LogP) is 4.75. The van der Waals surface area contributed by atoms with Crippen molar-refractivity contribution in [3.05, 3.63) is 65.5 Å². The Kier molecular flexibility index (Phi) is 6.34. The van der Waals surface area contributed by atoms with Crippen molar-refractivity contribution in [2.45, 2.75) is 26.8 Å². The maximum Gasteiger partial charge on any atom is 0.147 e. The molecular formula is C23H27FN4O. The lowest BCUT2D eigenvalue weighted by atomic mass is 10.1. The Morgan fingerprint density at radius 2 is 1.93 bits per heavy atom. The quantitative estimate of drug-likeness (QED) is 0.504. The van der Waals surface area contributed by atoms with Crippen LogP contribution in [0.5, 0.6) is 5.75 Å². The van der Waals surface area contributed by atoms with E-state index in [1.54, 1.807) is 36.2 Å². The fourth-order valence-electron chi connectivity index (χ4n) is 3.16. The van der Waals surface area contributed by atoms with E-state index in [4.69, 9.17) is 5.73 Å². The molecule has 3 rings (SSSR count). The first kappa shape index (κ1) is 20.6. The van der Waals surface area contributed by atoms with Crippen LogP contribution in [0.2, 0.25) is 0 Å². The minimum Gasteiger partial charge on any atom is -0.507 e. The fraction of sp³-hybridized carbons (Fsp3) is 0.261. The van der Waals surface area contributed by atoms with E-state index in [1.165, 1.54) is 6.07 Å². The standard InChI is InChI=1S/C23H27FN4O/c1-4-11-26-14-16-6-8-20(27-23(16)25)18-13-17(7-10-22(18)29)28(3)21-9-5-15(2)12-19(21)24/h5-10,12-13,26,29H,4,11,14H2,1-3H3,(H2,25,27). The van der Waals surface area contributed by atoms with Gasteiger partial charge < -0.3 is 21.1 Å². The number of nitrogens with one attached hydrogen (secondary N) is 1. The molecule has 0 saturated heterocycles. The van der Waals surface area contributed by atoms with Crippen LogP contribution in [0.3, 0.4) is 0 Å². The normalized spacial score (nSPS) is 10.9. The Balaban J connectivity index is 1.92. The molecule has 6 heteroatoms. The number of aromatic nitrogens is 1. The van der Waals surface area contributed by atoms with Crippen molar-refractivity contribution in [1.29, 1.82) is 0 Å². The van der Waals surface area contributed by atoms with Crippen LogP contribution in [0.15, 0.2) is 48.5 Å². The van der Waals surface area contributed by atoms with E-state index in [1.807, 2.05) is 25.1 Å². The molecule has 152 valence electrons. The third kappa shape index (κ3) is 4.66. The number of aryl methyl sites for hydroxylation is 1. The Morgan fingerprint density at radius 1 is 1.14 bits per heavy atom. The third-order valence-electron chi connectivity index (χ3n) is 4.86. The summed E-state index contributed by atoms with van der Waals surface area (Å²) in [6.45, 7) is 5.51. The second kappa shape index (κ2) is 8.92. The number of hydrogen-bond donors (Lipinski definition) is 3. The van der Waals surface area contributed by atoms with Crippen LogP contribution in [-0.4, -0.2) is 23.7 Å². The molecule has 0 bridgehead atoms. The average molecular weight is 394 g/mol. The van der Waals surface area contributed by atoms with Gasteiger partial charge in [-0.05, 0) is 61.9 Å². The Bertz CT molecular complexity index is 1010. The topological polar surface area (TPSA) is 74.4 Å². The third-order valence-corrected chi connectivity index (χ3v) is 4.86. The summed E-state index contributed by atoms with van der Waals surface area (Å²) in [5, 5.41) is 13.7. The van der Waals surface area contributed by atoms with E-state index in [0.717, 1.165) is 29.8 Å². The highest BCUT2D eigenvalue weighted by Gasteiger charge is 2.14. The smallest absolute Gasteiger partial charge is 0.147 e. The first-order valence-electron chi connectivity index (χ1n) is 9.70. The van der Waals surface area contributed by atoms with Crippen LogP contribution in [0.4, 0.5) is 21.6 Å². The molecule has 29 heavy (non-hydrogen) atoms. The van der Waals surface area contributed by atoms with Crippen molar-refractivity contribution in [2.75, 3.05) is 24.2 Å². The van der Waals surface area contributed by atoms with Crippen molar-refractivity contribution in [3.8, 4) is 17.0 Å². The lowest BCUT2D eigenvalue weighted by Crippen LogP contribution is -2.15. The van der Waals surface area contributed by atoms with E-state index < -0.39 is 0 Å². The number of hydrogen-bond acceptors (Lipinski definition) is 5. The number of aromatic hydroxyl groups is 1. The van der Waals surface area contributed by atoms with Gasteiger partial charge in [-0.15, -0.1) is 0 Å². The molecule has 0 aliphatic carbocycles. The van der Waals surface area contributed by atoms with Crippen LogP contribution in [-0.2, 0) is 6.54 Å². The van der Waals surface area contributed by atoms with Crippen LogP contribution >= 0.6 is 0 Å². The molecule has 3 aromatic rings. The van der Waals surface area contributed by atoms with E-state index in [9.17, 15) is 9.50 Å². The zero-order valence-electron chi connectivity index (χ0n) is 17.0. The van der Waals surface area contributed by atoms with Crippen LogP contribution in [0, 0.1) is 12.7 Å². The molecule has 0 radical (unpaired) electrons. The average Bonchev–Trinajstić information content (AvgIpc) is 2.69. The summed E-state index contributed by atoms with van der Waals surface area (Å²) in [4.78, 5) is 6.21. The highest BCUT2D eigenvalue weighted by molar-refractivity contribution is 5.75. The van der Waals surface area contributed by atoms with Gasteiger partial charge in [0.25, 0.3) is 0 Å². The predicted molar refractivity (Wildman–Crippen MR) is 117 cm³/mol. The number of halogens is 1. The minimum atomic E-state index is -0.298. The van der Waals surface area contributed by atoms with Crippen LogP contribution < -0.4 is 16.0 Å². The number of pyridine rings is 1. The van der Waals surface area contributed by atoms with E-state index in [-0.39, 0.29) is 11.6 Å². The Labute approximate surface area is 171 Å². The first-order chi connectivity index (χ1) is 13.9. The highest BCUT2D eigenvalue weighted by atomic mass is 19.1. The van der Waals surface area contributed by atoms with Gasteiger partial charge in [-0.2, -0.15) is 0 Å². The van der Waals surface area contributed by atoms with Gasteiger partial charge in [0.1, 0.15) is 17.4 Å². The molecule has 5 nitrogen and oxygen atoms in total. The SMILES string of the molecule is CCCNCc1ccc(-c2cc(N(C)c3ccc(C)cc3F)ccc2O)nc1N. The second-order valence-electron chi connectivity index (χ2n) is 7.13. The van der Waals surface area contributed by atoms with Gasteiger partial charge in [-0.1, -0.05) is 19.1 Å². The molecule has 2 aromatic carbocycles. The molecule has 0 atom stereocenters. The second-order valence-corrected chi connectivity index (χ2v) is 7.13.